The van der Waals surface area contributed by atoms with Crippen LogP contribution in [-0.2, 0) is 11.3 Å². The zero-order valence-corrected chi connectivity index (χ0v) is 10.2. The zero-order chi connectivity index (χ0) is 13.0. The van der Waals surface area contributed by atoms with Gasteiger partial charge >= 0.3 is 0 Å². The first kappa shape index (κ1) is 13.3. The number of nitrogens with one attached hydrogen (secondary N) is 1. The number of aliphatic hydroxyl groups is 1. The van der Waals surface area contributed by atoms with Crippen LogP contribution in [0, 0.1) is 5.82 Å². The Hall–Kier alpha value is -1.17. The second kappa shape index (κ2) is 5.65. The van der Waals surface area contributed by atoms with Crippen LogP contribution in [0.1, 0.15) is 18.4 Å². The fraction of sp³-hybridized carbons (Fsp3) is 0.538. The number of aromatic hydroxyl groups is 1. The van der Waals surface area contributed by atoms with E-state index in [1.54, 1.807) is 0 Å². The van der Waals surface area contributed by atoms with Gasteiger partial charge in [-0.2, -0.15) is 0 Å². The fourth-order valence-corrected chi connectivity index (χ4v) is 2.13. The van der Waals surface area contributed by atoms with E-state index in [2.05, 4.69) is 5.32 Å². The molecule has 1 aliphatic heterocycles. The molecule has 1 heterocycles. The van der Waals surface area contributed by atoms with Crippen LogP contribution in [0.5, 0.6) is 5.75 Å². The summed E-state index contributed by atoms with van der Waals surface area (Å²) in [6.07, 6.45) is 1.42. The van der Waals surface area contributed by atoms with Crippen molar-refractivity contribution in [1.29, 1.82) is 0 Å². The summed E-state index contributed by atoms with van der Waals surface area (Å²) in [5.41, 5.74) is 0.103. The summed E-state index contributed by atoms with van der Waals surface area (Å²) in [6, 6.07) is 3.85. The quantitative estimate of drug-likeness (QED) is 0.755. The molecule has 1 aromatic carbocycles. The van der Waals surface area contributed by atoms with E-state index in [9.17, 15) is 14.6 Å². The minimum Gasteiger partial charge on any atom is -0.508 e. The van der Waals surface area contributed by atoms with Gasteiger partial charge in [0, 0.05) is 30.9 Å². The van der Waals surface area contributed by atoms with Crippen LogP contribution in [0.25, 0.3) is 0 Å². The summed E-state index contributed by atoms with van der Waals surface area (Å²) in [5, 5.41) is 22.3. The van der Waals surface area contributed by atoms with Crippen LogP contribution in [0.15, 0.2) is 18.2 Å². The van der Waals surface area contributed by atoms with E-state index in [4.69, 9.17) is 4.74 Å². The summed E-state index contributed by atoms with van der Waals surface area (Å²) in [7, 11) is 0. The predicted molar refractivity (Wildman–Crippen MR) is 64.8 cm³/mol. The highest BCUT2D eigenvalue weighted by Crippen LogP contribution is 2.23. The Kier molecular flexibility index (Phi) is 4.16. The zero-order valence-electron chi connectivity index (χ0n) is 10.2. The average molecular weight is 255 g/mol. The maximum absolute atomic E-state index is 13.1. The minimum atomic E-state index is -0.392. The number of ether oxygens (including phenoxy) is 1. The van der Waals surface area contributed by atoms with Crippen molar-refractivity contribution in [2.24, 2.45) is 0 Å². The lowest BCUT2D eigenvalue weighted by atomic mass is 9.90. The molecule has 0 atom stereocenters. The van der Waals surface area contributed by atoms with Gasteiger partial charge in [0.2, 0.25) is 0 Å². The van der Waals surface area contributed by atoms with Crippen LogP contribution in [0.3, 0.4) is 0 Å². The smallest absolute Gasteiger partial charge is 0.123 e. The monoisotopic (exact) mass is 255 g/mol. The molecule has 0 spiro atoms. The van der Waals surface area contributed by atoms with Gasteiger partial charge in [0.1, 0.15) is 11.6 Å². The summed E-state index contributed by atoms with van der Waals surface area (Å²) in [5.74, 6) is -0.321. The largest absolute Gasteiger partial charge is 0.508 e. The lowest BCUT2D eigenvalue weighted by molar-refractivity contribution is 0.0111. The fourth-order valence-electron chi connectivity index (χ4n) is 2.13. The third kappa shape index (κ3) is 2.98. The lowest BCUT2D eigenvalue weighted by Crippen LogP contribution is -2.51. The van der Waals surface area contributed by atoms with Gasteiger partial charge in [-0.15, -0.1) is 0 Å². The number of hydrogen-bond donors (Lipinski definition) is 3. The number of benzene rings is 1. The molecule has 0 bridgehead atoms. The minimum absolute atomic E-state index is 0.00639. The van der Waals surface area contributed by atoms with Crippen molar-refractivity contribution in [3.8, 4) is 5.75 Å². The third-order valence-electron chi connectivity index (χ3n) is 3.45. The van der Waals surface area contributed by atoms with Crippen LogP contribution < -0.4 is 5.32 Å². The number of rotatable bonds is 4. The van der Waals surface area contributed by atoms with E-state index in [-0.39, 0.29) is 18.2 Å². The maximum Gasteiger partial charge on any atom is 0.123 e. The van der Waals surface area contributed by atoms with Gasteiger partial charge in [-0.3, -0.25) is 0 Å². The standard InChI is InChI=1S/C13H18FNO3/c14-11-1-2-12(17)10(7-11)8-15-13(9-16)3-5-18-6-4-13/h1-2,7,15-17H,3-6,8-9H2. The van der Waals surface area contributed by atoms with Gasteiger partial charge in [-0.25, -0.2) is 4.39 Å². The summed E-state index contributed by atoms with van der Waals surface area (Å²) >= 11 is 0. The number of halogens is 1. The number of hydrogen-bond acceptors (Lipinski definition) is 4. The van der Waals surface area contributed by atoms with E-state index in [0.717, 1.165) is 0 Å². The van der Waals surface area contributed by atoms with Crippen LogP contribution in [-0.4, -0.2) is 35.6 Å². The SMILES string of the molecule is OCC1(NCc2cc(F)ccc2O)CCOCC1. The van der Waals surface area contributed by atoms with Crippen molar-refractivity contribution in [2.75, 3.05) is 19.8 Å². The lowest BCUT2D eigenvalue weighted by Gasteiger charge is -2.36. The van der Waals surface area contributed by atoms with Crippen molar-refractivity contribution in [1.82, 2.24) is 5.32 Å². The molecule has 0 radical (unpaired) electrons. The Balaban J connectivity index is 2.03. The predicted octanol–water partition coefficient (Wildman–Crippen LogP) is 1.16. The Morgan fingerprint density at radius 1 is 1.33 bits per heavy atom. The molecule has 0 aliphatic carbocycles. The number of phenols is 1. The Bertz CT molecular complexity index is 405. The molecule has 100 valence electrons. The van der Waals surface area contributed by atoms with Gasteiger partial charge in [-0.05, 0) is 31.0 Å². The van der Waals surface area contributed by atoms with Crippen molar-refractivity contribution in [3.05, 3.63) is 29.6 Å². The van der Waals surface area contributed by atoms with E-state index < -0.39 is 5.54 Å². The van der Waals surface area contributed by atoms with Gasteiger partial charge < -0.3 is 20.3 Å². The number of phenolic OH excluding ortho intramolecular Hbond substituents is 1. The highest BCUT2D eigenvalue weighted by Gasteiger charge is 2.31. The summed E-state index contributed by atoms with van der Waals surface area (Å²) < 4.78 is 18.3. The van der Waals surface area contributed by atoms with E-state index in [0.29, 0.717) is 38.2 Å². The third-order valence-corrected chi connectivity index (χ3v) is 3.45. The molecule has 2 rings (SSSR count). The molecule has 0 saturated carbocycles. The van der Waals surface area contributed by atoms with Crippen molar-refractivity contribution >= 4 is 0 Å². The maximum atomic E-state index is 13.1. The van der Waals surface area contributed by atoms with E-state index in [1.165, 1.54) is 18.2 Å². The van der Waals surface area contributed by atoms with Gasteiger partial charge in [0.05, 0.1) is 6.61 Å². The van der Waals surface area contributed by atoms with Gasteiger partial charge in [0.15, 0.2) is 0 Å². The molecule has 5 heteroatoms. The molecular weight excluding hydrogens is 237 g/mol. The molecule has 1 aromatic rings. The Morgan fingerprint density at radius 3 is 2.72 bits per heavy atom. The summed E-state index contributed by atoms with van der Waals surface area (Å²) in [6.45, 7) is 1.53. The van der Waals surface area contributed by atoms with Crippen molar-refractivity contribution in [2.45, 2.75) is 24.9 Å². The molecule has 1 fully saturated rings. The van der Waals surface area contributed by atoms with Crippen LogP contribution in [0.4, 0.5) is 4.39 Å². The Morgan fingerprint density at radius 2 is 2.06 bits per heavy atom. The molecule has 18 heavy (non-hydrogen) atoms. The van der Waals surface area contributed by atoms with Crippen molar-refractivity contribution < 1.29 is 19.3 Å². The van der Waals surface area contributed by atoms with Gasteiger partial charge in [-0.1, -0.05) is 0 Å². The summed E-state index contributed by atoms with van der Waals surface area (Å²) in [4.78, 5) is 0. The highest BCUT2D eigenvalue weighted by molar-refractivity contribution is 5.32. The molecule has 3 N–H and O–H groups in total. The topological polar surface area (TPSA) is 61.7 Å². The van der Waals surface area contributed by atoms with E-state index in [1.807, 2.05) is 0 Å². The average Bonchev–Trinajstić information content (AvgIpc) is 2.41. The Labute approximate surface area is 105 Å². The van der Waals surface area contributed by atoms with Crippen molar-refractivity contribution in [3.63, 3.8) is 0 Å². The second-order valence-electron chi connectivity index (χ2n) is 4.68. The first-order valence-electron chi connectivity index (χ1n) is 6.06. The normalized spacial score (nSPS) is 18.8. The van der Waals surface area contributed by atoms with Crippen LogP contribution >= 0.6 is 0 Å². The number of aliphatic hydroxyl groups excluding tert-OH is 1. The molecular formula is C13H18FNO3. The van der Waals surface area contributed by atoms with Crippen LogP contribution in [0.2, 0.25) is 0 Å². The molecule has 4 nitrogen and oxygen atoms in total. The molecule has 1 aliphatic rings. The van der Waals surface area contributed by atoms with Gasteiger partial charge in [0.25, 0.3) is 0 Å². The second-order valence-corrected chi connectivity index (χ2v) is 4.68. The molecule has 0 unspecified atom stereocenters. The molecule has 0 aromatic heterocycles. The first-order valence-corrected chi connectivity index (χ1v) is 6.06. The van der Waals surface area contributed by atoms with E-state index >= 15 is 0 Å². The molecule has 1 saturated heterocycles. The first-order chi connectivity index (χ1) is 8.65. The highest BCUT2D eigenvalue weighted by atomic mass is 19.1. The molecule has 0 amide bonds.